The van der Waals surface area contributed by atoms with E-state index in [1.165, 1.54) is 0 Å². The van der Waals surface area contributed by atoms with Gasteiger partial charge in [0, 0.05) is 19.3 Å². The lowest BCUT2D eigenvalue weighted by Gasteiger charge is -2.24. The molecule has 2 atom stereocenters. The monoisotopic (exact) mass is 795 g/mol. The van der Waals surface area contributed by atoms with Gasteiger partial charge in [0.2, 0.25) is 0 Å². The number of nitrogens with zero attached hydrogens (tertiary/aromatic N) is 1. The van der Waals surface area contributed by atoms with Crippen molar-refractivity contribution in [2.24, 2.45) is 0 Å². The molecule has 0 rings (SSSR count). The summed E-state index contributed by atoms with van der Waals surface area (Å²) in [6.45, 7) is 4.06. The Morgan fingerprint density at radius 2 is 1.20 bits per heavy atom. The number of ether oxygens (including phenoxy) is 2. The van der Waals surface area contributed by atoms with Crippen LogP contribution in [-0.2, 0) is 37.5 Å². The number of allylic oxidation sites excluding steroid dienone is 10. The number of carbonyl (C=O) groups excluding carboxylic acids is 3. The fourth-order valence-corrected chi connectivity index (χ4v) is 5.93. The van der Waals surface area contributed by atoms with Gasteiger partial charge in [-0.3, -0.25) is 23.4 Å². The molecule has 0 aromatic rings. The minimum absolute atomic E-state index is 0.00990. The largest absolute Gasteiger partial charge is 0.472 e. The van der Waals surface area contributed by atoms with E-state index in [1.807, 2.05) is 33.3 Å². The Hall–Kier alpha value is -2.62. The molecule has 0 aromatic heterocycles. The predicted molar refractivity (Wildman–Crippen MR) is 224 cm³/mol. The Labute approximate surface area is 334 Å². The quantitative estimate of drug-likeness (QED) is 0.0124. The molecule has 0 saturated carbocycles. The normalized spacial score (nSPS) is 14.1. The summed E-state index contributed by atoms with van der Waals surface area (Å²) in [6.07, 6.45) is 38.2. The number of carbonyl (C=O) groups is 3. The van der Waals surface area contributed by atoms with Crippen molar-refractivity contribution in [3.05, 3.63) is 60.8 Å². The van der Waals surface area contributed by atoms with Gasteiger partial charge in [-0.15, -0.1) is 0 Å². The molecule has 10 nitrogen and oxygen atoms in total. The molecule has 0 aliphatic heterocycles. The van der Waals surface area contributed by atoms with Crippen LogP contribution in [0, 0.1) is 0 Å². The highest BCUT2D eigenvalue weighted by Crippen LogP contribution is 2.43. The zero-order valence-electron chi connectivity index (χ0n) is 35.1. The molecule has 0 aliphatic rings. The third kappa shape index (κ3) is 39.4. The number of rotatable bonds is 37. The van der Waals surface area contributed by atoms with E-state index in [2.05, 4.69) is 56.4 Å². The average molecular weight is 795 g/mol. The maximum atomic E-state index is 12.7. The van der Waals surface area contributed by atoms with E-state index in [0.717, 1.165) is 103 Å². The van der Waals surface area contributed by atoms with Crippen LogP contribution < -0.4 is 0 Å². The van der Waals surface area contributed by atoms with Gasteiger partial charge in [-0.05, 0) is 70.3 Å². The third-order valence-corrected chi connectivity index (χ3v) is 9.49. The summed E-state index contributed by atoms with van der Waals surface area (Å²) in [5.74, 6) is -0.712. The lowest BCUT2D eigenvalue weighted by molar-refractivity contribution is -0.870. The second-order valence-electron chi connectivity index (χ2n) is 15.0. The van der Waals surface area contributed by atoms with E-state index in [1.54, 1.807) is 6.08 Å². The topological polar surface area (TPSA) is 125 Å². The fraction of sp³-hybridized carbons (Fsp3) is 0.705. The van der Waals surface area contributed by atoms with Gasteiger partial charge in [-0.1, -0.05) is 120 Å². The van der Waals surface area contributed by atoms with Gasteiger partial charge in [-0.2, -0.15) is 0 Å². The van der Waals surface area contributed by atoms with Crippen molar-refractivity contribution in [1.29, 1.82) is 0 Å². The molecular weight excluding hydrogens is 717 g/mol. The van der Waals surface area contributed by atoms with Crippen LogP contribution in [0.5, 0.6) is 0 Å². The van der Waals surface area contributed by atoms with Crippen molar-refractivity contribution in [1.82, 2.24) is 0 Å². The van der Waals surface area contributed by atoms with Crippen LogP contribution in [0.1, 0.15) is 149 Å². The van der Waals surface area contributed by atoms with Crippen LogP contribution in [0.25, 0.3) is 0 Å². The molecule has 0 spiro atoms. The number of esters is 2. The van der Waals surface area contributed by atoms with Crippen molar-refractivity contribution >= 4 is 25.5 Å². The molecule has 0 radical (unpaired) electrons. The molecule has 0 aromatic carbocycles. The van der Waals surface area contributed by atoms with Crippen molar-refractivity contribution < 1.29 is 46.8 Å². The van der Waals surface area contributed by atoms with Crippen LogP contribution >= 0.6 is 7.82 Å². The molecular formula is C44H77NO9P+. The third-order valence-electron chi connectivity index (χ3n) is 8.51. The van der Waals surface area contributed by atoms with Crippen LogP contribution in [0.15, 0.2) is 60.8 Å². The summed E-state index contributed by atoms with van der Waals surface area (Å²) in [6, 6.07) is 0. The summed E-state index contributed by atoms with van der Waals surface area (Å²) in [5, 5.41) is 0. The summed E-state index contributed by atoms with van der Waals surface area (Å²) >= 11 is 0. The zero-order chi connectivity index (χ0) is 40.9. The van der Waals surface area contributed by atoms with E-state index in [-0.39, 0.29) is 31.8 Å². The van der Waals surface area contributed by atoms with Crippen LogP contribution in [0.3, 0.4) is 0 Å². The minimum atomic E-state index is -4.40. The number of unbranched alkanes of at least 4 members (excludes halogenated alkanes) is 12. The fourth-order valence-electron chi connectivity index (χ4n) is 5.18. The SMILES string of the molecule is CC/C=C\C/C=C\C/C=C\CCCCCCCC(=O)OC[C@H](COP(=O)(O)OCC[N+](C)(C)C)OC(=O)CCCCCCC/C=C\C=C\C(=O)CCCCC. The maximum absolute atomic E-state index is 12.7. The average Bonchev–Trinajstić information content (AvgIpc) is 3.12. The number of phosphoric acid groups is 1. The Balaban J connectivity index is 4.50. The number of phosphoric ester groups is 1. The van der Waals surface area contributed by atoms with Gasteiger partial charge in [-0.25, -0.2) is 4.57 Å². The molecule has 0 fully saturated rings. The van der Waals surface area contributed by atoms with E-state index in [9.17, 15) is 23.8 Å². The Morgan fingerprint density at radius 1 is 0.636 bits per heavy atom. The lowest BCUT2D eigenvalue weighted by atomic mass is 10.1. The smallest absolute Gasteiger partial charge is 0.462 e. The molecule has 0 bridgehead atoms. The molecule has 0 heterocycles. The van der Waals surface area contributed by atoms with E-state index >= 15 is 0 Å². The Kier molecular flexibility index (Phi) is 34.1. The van der Waals surface area contributed by atoms with Crippen LogP contribution in [-0.4, -0.2) is 80.7 Å². The van der Waals surface area contributed by atoms with Crippen molar-refractivity contribution in [2.75, 3.05) is 47.5 Å². The first-order valence-corrected chi connectivity index (χ1v) is 22.5. The highest BCUT2D eigenvalue weighted by molar-refractivity contribution is 7.47. The Bertz CT molecular complexity index is 1190. The number of ketones is 1. The summed E-state index contributed by atoms with van der Waals surface area (Å²) < 4.78 is 34.2. The standard InChI is InChI=1S/C44H76NO9P/c1-6-8-10-11-12-13-14-15-16-17-18-21-24-27-31-35-43(47)51-39-42(40-53-55(49,50)52-38-37-45(3,4)5)54-44(48)36-32-28-25-22-19-20-23-26-30-34-41(46)33-29-9-7-2/h8,10,12-13,15-16,23,26,30,34,42H,6-7,9,11,14,17-22,24-25,27-29,31-33,35-40H2,1-5H3/p+1/b10-8-,13-12-,16-15-,26-23-,34-30+/t42-/m1/s1. The van der Waals surface area contributed by atoms with E-state index in [0.29, 0.717) is 30.3 Å². The van der Waals surface area contributed by atoms with Crippen LogP contribution in [0.4, 0.5) is 0 Å². The number of quaternary nitrogens is 1. The van der Waals surface area contributed by atoms with Gasteiger partial charge in [0.1, 0.15) is 19.8 Å². The van der Waals surface area contributed by atoms with Crippen molar-refractivity contribution in [3.63, 3.8) is 0 Å². The zero-order valence-corrected chi connectivity index (χ0v) is 36.0. The summed E-state index contributed by atoms with van der Waals surface area (Å²) in [5.41, 5.74) is 0. The highest BCUT2D eigenvalue weighted by atomic mass is 31.2. The first kappa shape index (κ1) is 52.4. The summed E-state index contributed by atoms with van der Waals surface area (Å²) in [4.78, 5) is 47.1. The van der Waals surface area contributed by atoms with Gasteiger partial charge in [0.05, 0.1) is 27.7 Å². The first-order valence-electron chi connectivity index (χ1n) is 21.0. The number of likely N-dealkylation sites (N-methyl/N-ethyl adjacent to an activating group) is 1. The van der Waals surface area contributed by atoms with Crippen molar-refractivity contribution in [2.45, 2.75) is 155 Å². The summed E-state index contributed by atoms with van der Waals surface area (Å²) in [7, 11) is 1.40. The van der Waals surface area contributed by atoms with E-state index in [4.69, 9.17) is 18.5 Å². The van der Waals surface area contributed by atoms with Gasteiger partial charge >= 0.3 is 19.8 Å². The Morgan fingerprint density at radius 3 is 1.84 bits per heavy atom. The molecule has 0 aliphatic carbocycles. The molecule has 0 amide bonds. The number of hydrogen-bond donors (Lipinski definition) is 1. The number of hydrogen-bond acceptors (Lipinski definition) is 8. The lowest BCUT2D eigenvalue weighted by Crippen LogP contribution is -2.37. The molecule has 1 N–H and O–H groups in total. The van der Waals surface area contributed by atoms with Gasteiger partial charge in [0.25, 0.3) is 0 Å². The first-order chi connectivity index (χ1) is 26.4. The van der Waals surface area contributed by atoms with Gasteiger partial charge < -0.3 is 18.9 Å². The second-order valence-corrected chi connectivity index (χ2v) is 16.5. The molecule has 11 heteroatoms. The van der Waals surface area contributed by atoms with E-state index < -0.39 is 32.5 Å². The van der Waals surface area contributed by atoms with Crippen LogP contribution in [0.2, 0.25) is 0 Å². The minimum Gasteiger partial charge on any atom is -0.462 e. The predicted octanol–water partition coefficient (Wildman–Crippen LogP) is 10.9. The maximum Gasteiger partial charge on any atom is 0.472 e. The molecule has 0 saturated heterocycles. The molecule has 1 unspecified atom stereocenters. The highest BCUT2D eigenvalue weighted by Gasteiger charge is 2.27. The molecule has 55 heavy (non-hydrogen) atoms. The second kappa shape index (κ2) is 35.8. The van der Waals surface area contributed by atoms with Crippen molar-refractivity contribution in [3.8, 4) is 0 Å². The molecule has 316 valence electrons. The van der Waals surface area contributed by atoms with Gasteiger partial charge in [0.15, 0.2) is 11.9 Å².